The minimum absolute atomic E-state index is 0.187. The number of carbonyl (C=O) groups excluding carboxylic acids is 1. The highest BCUT2D eigenvalue weighted by Crippen LogP contribution is 2.25. The molecule has 0 aliphatic heterocycles. The predicted molar refractivity (Wildman–Crippen MR) is 53.2 cm³/mol. The SMILES string of the molecule is Cc1cc(C#N)c2c(c1)C(=O)CCC2. The van der Waals surface area contributed by atoms with Gasteiger partial charge in [-0.1, -0.05) is 0 Å². The monoisotopic (exact) mass is 185 g/mol. The van der Waals surface area contributed by atoms with Crippen molar-refractivity contribution in [3.8, 4) is 6.07 Å². The highest BCUT2D eigenvalue weighted by molar-refractivity contribution is 5.99. The quantitative estimate of drug-likeness (QED) is 0.622. The van der Waals surface area contributed by atoms with E-state index in [1.54, 1.807) is 0 Å². The zero-order valence-corrected chi connectivity index (χ0v) is 8.13. The molecule has 14 heavy (non-hydrogen) atoms. The van der Waals surface area contributed by atoms with Crippen LogP contribution in [0.4, 0.5) is 0 Å². The van der Waals surface area contributed by atoms with Gasteiger partial charge in [0.25, 0.3) is 0 Å². The van der Waals surface area contributed by atoms with Crippen LogP contribution in [0, 0.1) is 18.3 Å². The van der Waals surface area contributed by atoms with E-state index in [-0.39, 0.29) is 5.78 Å². The van der Waals surface area contributed by atoms with Crippen molar-refractivity contribution in [2.75, 3.05) is 0 Å². The maximum absolute atomic E-state index is 11.6. The summed E-state index contributed by atoms with van der Waals surface area (Å²) in [5.74, 6) is 0.187. The Bertz CT molecular complexity index is 440. The van der Waals surface area contributed by atoms with Gasteiger partial charge in [0, 0.05) is 12.0 Å². The van der Waals surface area contributed by atoms with Gasteiger partial charge in [0.05, 0.1) is 11.6 Å². The Labute approximate surface area is 83.2 Å². The number of rotatable bonds is 0. The van der Waals surface area contributed by atoms with Crippen molar-refractivity contribution >= 4 is 5.78 Å². The molecule has 0 heterocycles. The third kappa shape index (κ3) is 1.31. The first-order valence-electron chi connectivity index (χ1n) is 4.79. The van der Waals surface area contributed by atoms with Crippen LogP contribution in [0.5, 0.6) is 0 Å². The number of aryl methyl sites for hydroxylation is 1. The van der Waals surface area contributed by atoms with Crippen LogP contribution in [0.2, 0.25) is 0 Å². The second-order valence-corrected chi connectivity index (χ2v) is 3.73. The molecule has 2 nitrogen and oxygen atoms in total. The average molecular weight is 185 g/mol. The molecule has 0 fully saturated rings. The number of nitrogens with zero attached hydrogens (tertiary/aromatic N) is 1. The Morgan fingerprint density at radius 3 is 2.86 bits per heavy atom. The highest BCUT2D eigenvalue weighted by Gasteiger charge is 2.19. The smallest absolute Gasteiger partial charge is 0.163 e. The first-order chi connectivity index (χ1) is 6.72. The Hall–Kier alpha value is -1.62. The van der Waals surface area contributed by atoms with Gasteiger partial charge in [0.2, 0.25) is 0 Å². The Balaban J connectivity index is 2.68. The maximum atomic E-state index is 11.6. The van der Waals surface area contributed by atoms with Crippen molar-refractivity contribution < 1.29 is 4.79 Å². The molecule has 0 bridgehead atoms. The van der Waals surface area contributed by atoms with Crippen LogP contribution < -0.4 is 0 Å². The molecule has 0 spiro atoms. The average Bonchev–Trinajstić information content (AvgIpc) is 2.18. The summed E-state index contributed by atoms with van der Waals surface area (Å²) in [6.45, 7) is 1.92. The van der Waals surface area contributed by atoms with Gasteiger partial charge >= 0.3 is 0 Å². The molecule has 0 saturated carbocycles. The zero-order valence-electron chi connectivity index (χ0n) is 8.13. The van der Waals surface area contributed by atoms with E-state index < -0.39 is 0 Å². The summed E-state index contributed by atoms with van der Waals surface area (Å²) in [4.78, 5) is 11.6. The number of hydrogen-bond acceptors (Lipinski definition) is 2. The number of nitriles is 1. The lowest BCUT2D eigenvalue weighted by atomic mass is 9.86. The molecule has 0 atom stereocenters. The van der Waals surface area contributed by atoms with Gasteiger partial charge in [-0.2, -0.15) is 5.26 Å². The topological polar surface area (TPSA) is 40.9 Å². The first-order valence-corrected chi connectivity index (χ1v) is 4.79. The maximum Gasteiger partial charge on any atom is 0.163 e. The molecule has 0 unspecified atom stereocenters. The number of Topliss-reactive ketones (excluding diaryl/α,β-unsaturated/α-hetero) is 1. The van der Waals surface area contributed by atoms with Gasteiger partial charge in [-0.05, 0) is 43.0 Å². The third-order valence-electron chi connectivity index (χ3n) is 2.65. The second-order valence-electron chi connectivity index (χ2n) is 3.73. The molecule has 2 rings (SSSR count). The zero-order chi connectivity index (χ0) is 10.1. The Morgan fingerprint density at radius 1 is 1.36 bits per heavy atom. The molecule has 0 saturated heterocycles. The van der Waals surface area contributed by atoms with E-state index in [0.29, 0.717) is 12.0 Å². The van der Waals surface area contributed by atoms with Gasteiger partial charge in [-0.25, -0.2) is 0 Å². The van der Waals surface area contributed by atoms with Crippen molar-refractivity contribution in [2.45, 2.75) is 26.2 Å². The summed E-state index contributed by atoms with van der Waals surface area (Å²) in [6, 6.07) is 5.92. The van der Waals surface area contributed by atoms with Crippen LogP contribution in [-0.4, -0.2) is 5.78 Å². The van der Waals surface area contributed by atoms with E-state index >= 15 is 0 Å². The predicted octanol–water partition coefficient (Wildman–Crippen LogP) is 2.39. The van der Waals surface area contributed by atoms with Gasteiger partial charge in [0.1, 0.15) is 0 Å². The summed E-state index contributed by atoms with van der Waals surface area (Å²) in [7, 11) is 0. The summed E-state index contributed by atoms with van der Waals surface area (Å²) in [5, 5.41) is 8.94. The normalized spacial score (nSPS) is 14.7. The van der Waals surface area contributed by atoms with E-state index in [0.717, 1.165) is 29.5 Å². The molecule has 2 heteroatoms. The standard InChI is InChI=1S/C12H11NO/c1-8-5-9(7-13)10-3-2-4-12(14)11(10)6-8/h5-6H,2-4H2,1H3. The molecular weight excluding hydrogens is 174 g/mol. The molecule has 1 aromatic rings. The van der Waals surface area contributed by atoms with Crippen molar-refractivity contribution in [2.24, 2.45) is 0 Å². The highest BCUT2D eigenvalue weighted by atomic mass is 16.1. The number of carbonyl (C=O) groups is 1. The van der Waals surface area contributed by atoms with E-state index in [2.05, 4.69) is 6.07 Å². The van der Waals surface area contributed by atoms with Crippen LogP contribution in [0.25, 0.3) is 0 Å². The molecule has 1 aliphatic carbocycles. The molecule has 0 N–H and O–H groups in total. The molecule has 70 valence electrons. The van der Waals surface area contributed by atoms with Crippen LogP contribution in [0.3, 0.4) is 0 Å². The Kier molecular flexibility index (Phi) is 2.09. The van der Waals surface area contributed by atoms with Gasteiger partial charge in [0.15, 0.2) is 5.78 Å². The summed E-state index contributed by atoms with van der Waals surface area (Å²) >= 11 is 0. The van der Waals surface area contributed by atoms with E-state index in [9.17, 15) is 4.79 Å². The van der Waals surface area contributed by atoms with E-state index in [1.165, 1.54) is 0 Å². The van der Waals surface area contributed by atoms with Crippen LogP contribution in [0.1, 0.15) is 39.9 Å². The number of benzene rings is 1. The summed E-state index contributed by atoms with van der Waals surface area (Å²) in [5.41, 5.74) is 3.39. The first kappa shape index (κ1) is 8.96. The van der Waals surface area contributed by atoms with Gasteiger partial charge < -0.3 is 0 Å². The van der Waals surface area contributed by atoms with Crippen molar-refractivity contribution in [1.82, 2.24) is 0 Å². The van der Waals surface area contributed by atoms with E-state index in [1.807, 2.05) is 19.1 Å². The summed E-state index contributed by atoms with van der Waals surface area (Å²) in [6.07, 6.45) is 2.37. The Morgan fingerprint density at radius 2 is 2.14 bits per heavy atom. The van der Waals surface area contributed by atoms with Crippen LogP contribution >= 0.6 is 0 Å². The lowest BCUT2D eigenvalue weighted by Crippen LogP contribution is -2.12. The van der Waals surface area contributed by atoms with Gasteiger partial charge in [-0.3, -0.25) is 4.79 Å². The van der Waals surface area contributed by atoms with Crippen molar-refractivity contribution in [1.29, 1.82) is 5.26 Å². The minimum atomic E-state index is 0.187. The number of hydrogen-bond donors (Lipinski definition) is 0. The van der Waals surface area contributed by atoms with Crippen LogP contribution in [-0.2, 0) is 6.42 Å². The summed E-state index contributed by atoms with van der Waals surface area (Å²) < 4.78 is 0. The number of ketones is 1. The number of fused-ring (bicyclic) bond motifs is 1. The molecular formula is C12H11NO. The second kappa shape index (κ2) is 3.26. The van der Waals surface area contributed by atoms with Gasteiger partial charge in [-0.15, -0.1) is 0 Å². The fourth-order valence-corrected chi connectivity index (χ4v) is 1.99. The molecule has 0 radical (unpaired) electrons. The lowest BCUT2D eigenvalue weighted by Gasteiger charge is -2.16. The van der Waals surface area contributed by atoms with Crippen LogP contribution in [0.15, 0.2) is 12.1 Å². The minimum Gasteiger partial charge on any atom is -0.294 e. The fraction of sp³-hybridized carbons (Fsp3) is 0.333. The lowest BCUT2D eigenvalue weighted by molar-refractivity contribution is 0.0972. The molecule has 0 aromatic heterocycles. The molecule has 1 aromatic carbocycles. The molecule has 1 aliphatic rings. The fourth-order valence-electron chi connectivity index (χ4n) is 1.99. The van der Waals surface area contributed by atoms with E-state index in [4.69, 9.17) is 5.26 Å². The third-order valence-corrected chi connectivity index (χ3v) is 2.65. The largest absolute Gasteiger partial charge is 0.294 e. The molecule has 0 amide bonds. The van der Waals surface area contributed by atoms with Crippen molar-refractivity contribution in [3.05, 3.63) is 34.4 Å². The van der Waals surface area contributed by atoms with Crippen molar-refractivity contribution in [3.63, 3.8) is 0 Å².